The minimum Gasteiger partial charge on any atom is -0.508 e. The van der Waals surface area contributed by atoms with Crippen LogP contribution in [0.4, 0.5) is 5.82 Å². The molecule has 0 spiro atoms. The Kier molecular flexibility index (Phi) is 3.38. The fourth-order valence-corrected chi connectivity index (χ4v) is 3.21. The van der Waals surface area contributed by atoms with Gasteiger partial charge in [-0.2, -0.15) is 0 Å². The van der Waals surface area contributed by atoms with Crippen LogP contribution < -0.4 is 5.73 Å². The van der Waals surface area contributed by atoms with Gasteiger partial charge >= 0.3 is 0 Å². The van der Waals surface area contributed by atoms with Crippen molar-refractivity contribution in [3.8, 4) is 16.9 Å². The number of phenols is 1. The lowest BCUT2D eigenvalue weighted by molar-refractivity contribution is 0.0706. The molecule has 0 unspecified atom stereocenters. The molecule has 1 aromatic carbocycles. The van der Waals surface area contributed by atoms with E-state index in [1.807, 2.05) is 12.1 Å². The van der Waals surface area contributed by atoms with Crippen LogP contribution in [0.25, 0.3) is 22.2 Å². The predicted octanol–water partition coefficient (Wildman–Crippen LogP) is 2.74. The van der Waals surface area contributed by atoms with Crippen molar-refractivity contribution >= 4 is 16.9 Å². The van der Waals surface area contributed by atoms with Crippen molar-refractivity contribution in [1.82, 2.24) is 14.5 Å². The lowest BCUT2D eigenvalue weighted by Gasteiger charge is -2.24. The molecule has 0 aliphatic carbocycles. The third kappa shape index (κ3) is 2.41. The zero-order chi connectivity index (χ0) is 15.8. The number of benzene rings is 1. The number of nitrogens with two attached hydrogens (primary N) is 1. The number of nitrogen functional groups attached to an aromatic ring is 1. The zero-order valence-electron chi connectivity index (χ0n) is 12.6. The fraction of sp³-hybridized carbons (Fsp3) is 0.294. The summed E-state index contributed by atoms with van der Waals surface area (Å²) in [5.41, 5.74) is 8.96. The highest BCUT2D eigenvalue weighted by atomic mass is 16.5. The summed E-state index contributed by atoms with van der Waals surface area (Å²) in [5.74, 6) is 0.718. The van der Waals surface area contributed by atoms with Crippen molar-refractivity contribution in [3.63, 3.8) is 0 Å². The van der Waals surface area contributed by atoms with E-state index in [2.05, 4.69) is 20.7 Å². The van der Waals surface area contributed by atoms with Crippen LogP contribution in [0.2, 0.25) is 0 Å². The Balaban J connectivity index is 1.91. The van der Waals surface area contributed by atoms with E-state index in [4.69, 9.17) is 10.5 Å². The van der Waals surface area contributed by atoms with Gasteiger partial charge in [0.05, 0.1) is 5.39 Å². The molecule has 118 valence electrons. The highest BCUT2D eigenvalue weighted by Crippen LogP contribution is 2.36. The molecular weight excluding hydrogens is 292 g/mol. The number of hydrogen-bond acceptors (Lipinski definition) is 5. The average Bonchev–Trinajstić information content (AvgIpc) is 2.97. The highest BCUT2D eigenvalue weighted by Gasteiger charge is 2.22. The molecule has 1 aliphatic rings. The quantitative estimate of drug-likeness (QED) is 0.760. The lowest BCUT2D eigenvalue weighted by Crippen LogP contribution is -2.19. The van der Waals surface area contributed by atoms with Gasteiger partial charge in [0.1, 0.15) is 23.5 Å². The number of ether oxygens (including phenoxy) is 1. The van der Waals surface area contributed by atoms with Crippen molar-refractivity contribution in [2.24, 2.45) is 0 Å². The summed E-state index contributed by atoms with van der Waals surface area (Å²) in [4.78, 5) is 8.61. The van der Waals surface area contributed by atoms with Gasteiger partial charge in [-0.1, -0.05) is 12.1 Å². The van der Waals surface area contributed by atoms with Crippen molar-refractivity contribution in [2.75, 3.05) is 18.9 Å². The van der Waals surface area contributed by atoms with Crippen molar-refractivity contribution in [2.45, 2.75) is 18.9 Å². The molecule has 2 aromatic heterocycles. The lowest BCUT2D eigenvalue weighted by atomic mass is 10.1. The first-order chi connectivity index (χ1) is 11.2. The summed E-state index contributed by atoms with van der Waals surface area (Å²) in [6.45, 7) is 1.53. The van der Waals surface area contributed by atoms with Gasteiger partial charge in [0.25, 0.3) is 0 Å². The second-order valence-electron chi connectivity index (χ2n) is 5.80. The van der Waals surface area contributed by atoms with Crippen LogP contribution >= 0.6 is 0 Å². The van der Waals surface area contributed by atoms with Crippen molar-refractivity contribution in [3.05, 3.63) is 36.8 Å². The Morgan fingerprint density at radius 3 is 2.61 bits per heavy atom. The minimum atomic E-state index is 0.242. The molecule has 6 heteroatoms. The predicted molar refractivity (Wildman–Crippen MR) is 88.1 cm³/mol. The summed E-state index contributed by atoms with van der Waals surface area (Å²) in [6.07, 6.45) is 5.53. The molecule has 0 radical (unpaired) electrons. The maximum Gasteiger partial charge on any atom is 0.146 e. The molecule has 3 heterocycles. The molecule has 3 N–H and O–H groups in total. The second kappa shape index (κ2) is 5.55. The Hall–Kier alpha value is -2.60. The van der Waals surface area contributed by atoms with E-state index in [0.29, 0.717) is 11.9 Å². The molecule has 0 bridgehead atoms. The monoisotopic (exact) mass is 310 g/mol. The molecule has 4 rings (SSSR count). The number of fused-ring (bicyclic) bond motifs is 1. The summed E-state index contributed by atoms with van der Waals surface area (Å²) in [7, 11) is 0. The number of hydrogen-bond donors (Lipinski definition) is 2. The number of phenolic OH excluding ortho intramolecular Hbond substituents is 1. The normalized spacial score (nSPS) is 16.0. The molecule has 6 nitrogen and oxygen atoms in total. The number of nitrogens with zero attached hydrogens (tertiary/aromatic N) is 3. The van der Waals surface area contributed by atoms with Gasteiger partial charge < -0.3 is 20.1 Å². The smallest absolute Gasteiger partial charge is 0.146 e. The minimum absolute atomic E-state index is 0.242. The largest absolute Gasteiger partial charge is 0.508 e. The van der Waals surface area contributed by atoms with E-state index >= 15 is 0 Å². The topological polar surface area (TPSA) is 86.2 Å². The molecular formula is C17H18N4O2. The van der Waals surface area contributed by atoms with Gasteiger partial charge in [-0.05, 0) is 30.5 Å². The first kappa shape index (κ1) is 14.0. The highest BCUT2D eigenvalue weighted by molar-refractivity contribution is 6.00. The Morgan fingerprint density at radius 2 is 1.87 bits per heavy atom. The van der Waals surface area contributed by atoms with Crippen LogP contribution in [0.1, 0.15) is 18.9 Å². The van der Waals surface area contributed by atoms with E-state index in [0.717, 1.165) is 48.2 Å². The van der Waals surface area contributed by atoms with E-state index in [9.17, 15) is 5.11 Å². The van der Waals surface area contributed by atoms with E-state index in [1.165, 1.54) is 6.33 Å². The molecule has 1 fully saturated rings. The van der Waals surface area contributed by atoms with Crippen LogP contribution in [-0.4, -0.2) is 32.9 Å². The van der Waals surface area contributed by atoms with Crippen molar-refractivity contribution in [1.29, 1.82) is 0 Å². The third-order valence-corrected chi connectivity index (χ3v) is 4.40. The fourth-order valence-electron chi connectivity index (χ4n) is 3.21. The van der Waals surface area contributed by atoms with Crippen LogP contribution in [-0.2, 0) is 4.74 Å². The molecule has 0 saturated carbocycles. The maximum atomic E-state index is 9.51. The van der Waals surface area contributed by atoms with Gasteiger partial charge in [-0.15, -0.1) is 0 Å². The third-order valence-electron chi connectivity index (χ3n) is 4.40. The second-order valence-corrected chi connectivity index (χ2v) is 5.80. The molecule has 0 atom stereocenters. The van der Waals surface area contributed by atoms with E-state index < -0.39 is 0 Å². The average molecular weight is 310 g/mol. The van der Waals surface area contributed by atoms with Crippen LogP contribution in [0.3, 0.4) is 0 Å². The Bertz CT molecular complexity index is 836. The van der Waals surface area contributed by atoms with Gasteiger partial charge in [-0.25, -0.2) is 9.97 Å². The first-order valence-electron chi connectivity index (χ1n) is 7.72. The maximum absolute atomic E-state index is 9.51. The SMILES string of the molecule is Nc1ncnc2c1c(-c1ccc(O)cc1)cn2C1CCOCC1. The Labute approximate surface area is 133 Å². The first-order valence-corrected chi connectivity index (χ1v) is 7.72. The Morgan fingerprint density at radius 1 is 1.13 bits per heavy atom. The van der Waals surface area contributed by atoms with E-state index in [-0.39, 0.29) is 5.75 Å². The molecule has 0 amide bonds. The summed E-state index contributed by atoms with van der Waals surface area (Å²) in [5, 5.41) is 10.4. The molecule has 1 saturated heterocycles. The molecule has 3 aromatic rings. The van der Waals surface area contributed by atoms with Gasteiger partial charge in [0.2, 0.25) is 0 Å². The van der Waals surface area contributed by atoms with Crippen LogP contribution in [0, 0.1) is 0 Å². The number of aromatic nitrogens is 3. The zero-order valence-corrected chi connectivity index (χ0v) is 12.6. The standard InChI is InChI=1S/C17H18N4O2/c18-16-15-14(11-1-3-13(22)4-2-11)9-21(17(15)20-10-19-16)12-5-7-23-8-6-12/h1-4,9-10,12,22H,5-8H2,(H2,18,19,20). The summed E-state index contributed by atoms with van der Waals surface area (Å²) < 4.78 is 7.66. The van der Waals surface area contributed by atoms with E-state index in [1.54, 1.807) is 12.1 Å². The number of anilines is 1. The summed E-state index contributed by atoms with van der Waals surface area (Å²) in [6, 6.07) is 7.46. The molecule has 1 aliphatic heterocycles. The van der Waals surface area contributed by atoms with Gasteiger partial charge in [-0.3, -0.25) is 0 Å². The summed E-state index contributed by atoms with van der Waals surface area (Å²) >= 11 is 0. The van der Waals surface area contributed by atoms with Gasteiger partial charge in [0, 0.05) is 31.0 Å². The van der Waals surface area contributed by atoms with Gasteiger partial charge in [0.15, 0.2) is 0 Å². The van der Waals surface area contributed by atoms with Crippen LogP contribution in [0.5, 0.6) is 5.75 Å². The molecule has 23 heavy (non-hydrogen) atoms. The number of rotatable bonds is 2. The number of aromatic hydroxyl groups is 1. The van der Waals surface area contributed by atoms with Crippen LogP contribution in [0.15, 0.2) is 36.8 Å². The van der Waals surface area contributed by atoms with Crippen molar-refractivity contribution < 1.29 is 9.84 Å².